The number of ether oxygens (including phenoxy) is 2. The van der Waals surface area contributed by atoms with Crippen molar-refractivity contribution in [1.29, 1.82) is 0 Å². The second kappa shape index (κ2) is 5.16. The summed E-state index contributed by atoms with van der Waals surface area (Å²) in [5.41, 5.74) is 8.90. The van der Waals surface area contributed by atoms with Crippen LogP contribution in [0.5, 0.6) is 5.75 Å². The van der Waals surface area contributed by atoms with Crippen LogP contribution in [0.4, 0.5) is 10.5 Å². The standard InChI is InChI=1S/C15H13N3O3/c1-20-15(19)21-12-6-7-14-17-13(9-18(14)8-12)10-2-4-11(16)5-3-10/h2-9H,16H2,1H3. The molecule has 21 heavy (non-hydrogen) atoms. The molecule has 0 fully saturated rings. The fourth-order valence-electron chi connectivity index (χ4n) is 1.96. The number of aromatic nitrogens is 2. The second-order valence-corrected chi connectivity index (χ2v) is 4.43. The Morgan fingerprint density at radius 3 is 2.62 bits per heavy atom. The van der Waals surface area contributed by atoms with Crippen LogP contribution in [-0.2, 0) is 4.74 Å². The number of benzene rings is 1. The number of nitrogens with zero attached hydrogens (tertiary/aromatic N) is 2. The molecule has 2 aromatic heterocycles. The first-order valence-electron chi connectivity index (χ1n) is 6.26. The maximum Gasteiger partial charge on any atom is 0.513 e. The second-order valence-electron chi connectivity index (χ2n) is 4.43. The largest absolute Gasteiger partial charge is 0.513 e. The molecule has 3 rings (SSSR count). The van der Waals surface area contributed by atoms with Crippen LogP contribution < -0.4 is 10.5 Å². The molecule has 1 aromatic carbocycles. The summed E-state index contributed by atoms with van der Waals surface area (Å²) in [6.07, 6.45) is 2.76. The first-order valence-corrected chi connectivity index (χ1v) is 6.26. The average Bonchev–Trinajstić information content (AvgIpc) is 2.91. The molecule has 0 amide bonds. The van der Waals surface area contributed by atoms with E-state index >= 15 is 0 Å². The first kappa shape index (κ1) is 13.0. The van der Waals surface area contributed by atoms with E-state index in [1.807, 2.05) is 30.5 Å². The van der Waals surface area contributed by atoms with Crippen molar-refractivity contribution in [2.45, 2.75) is 0 Å². The van der Waals surface area contributed by atoms with Crippen LogP contribution in [0.15, 0.2) is 48.8 Å². The predicted molar refractivity (Wildman–Crippen MR) is 78.1 cm³/mol. The van der Waals surface area contributed by atoms with Crippen molar-refractivity contribution in [3.05, 3.63) is 48.8 Å². The summed E-state index contributed by atoms with van der Waals surface area (Å²) in [4.78, 5) is 15.6. The van der Waals surface area contributed by atoms with Gasteiger partial charge in [0.05, 0.1) is 19.0 Å². The lowest BCUT2D eigenvalue weighted by molar-refractivity contribution is 0.121. The van der Waals surface area contributed by atoms with Crippen molar-refractivity contribution in [3.8, 4) is 17.0 Å². The molecule has 0 aliphatic carbocycles. The van der Waals surface area contributed by atoms with Gasteiger partial charge in [0.1, 0.15) is 5.65 Å². The molecular formula is C15H13N3O3. The molecule has 0 atom stereocenters. The van der Waals surface area contributed by atoms with Gasteiger partial charge >= 0.3 is 6.16 Å². The maximum absolute atomic E-state index is 11.1. The number of nitrogen functional groups attached to an aromatic ring is 1. The maximum atomic E-state index is 11.1. The van der Waals surface area contributed by atoms with Gasteiger partial charge in [-0.3, -0.25) is 0 Å². The van der Waals surface area contributed by atoms with E-state index in [4.69, 9.17) is 10.5 Å². The number of fused-ring (bicyclic) bond motifs is 1. The average molecular weight is 283 g/mol. The van der Waals surface area contributed by atoms with E-state index in [-0.39, 0.29) is 0 Å². The monoisotopic (exact) mass is 283 g/mol. The van der Waals surface area contributed by atoms with Crippen LogP contribution in [0, 0.1) is 0 Å². The van der Waals surface area contributed by atoms with E-state index in [1.165, 1.54) is 7.11 Å². The third-order valence-electron chi connectivity index (χ3n) is 3.00. The molecule has 0 aliphatic rings. The smallest absolute Gasteiger partial charge is 0.437 e. The summed E-state index contributed by atoms with van der Waals surface area (Å²) in [5.74, 6) is 0.385. The first-order chi connectivity index (χ1) is 10.2. The fourth-order valence-corrected chi connectivity index (χ4v) is 1.96. The number of rotatable bonds is 2. The van der Waals surface area contributed by atoms with Crippen LogP contribution in [0.25, 0.3) is 16.9 Å². The lowest BCUT2D eigenvalue weighted by Crippen LogP contribution is -2.07. The Bertz CT molecular complexity index is 794. The van der Waals surface area contributed by atoms with Crippen molar-refractivity contribution in [2.24, 2.45) is 0 Å². The van der Waals surface area contributed by atoms with Crippen LogP contribution in [0.2, 0.25) is 0 Å². The molecule has 0 bridgehead atoms. The minimum absolute atomic E-state index is 0.385. The third-order valence-corrected chi connectivity index (χ3v) is 3.00. The molecule has 0 saturated heterocycles. The van der Waals surface area contributed by atoms with E-state index < -0.39 is 6.16 Å². The molecule has 6 heteroatoms. The summed E-state index contributed by atoms with van der Waals surface area (Å²) >= 11 is 0. The number of methoxy groups -OCH3 is 1. The molecule has 0 unspecified atom stereocenters. The van der Waals surface area contributed by atoms with Crippen LogP contribution in [0.1, 0.15) is 0 Å². The number of hydrogen-bond donors (Lipinski definition) is 1. The van der Waals surface area contributed by atoms with Gasteiger partial charge in [-0.2, -0.15) is 0 Å². The van der Waals surface area contributed by atoms with Gasteiger partial charge in [-0.25, -0.2) is 9.78 Å². The number of nitrogens with two attached hydrogens (primary N) is 1. The van der Waals surface area contributed by atoms with Gasteiger partial charge in [0, 0.05) is 17.4 Å². The summed E-state index contributed by atoms with van der Waals surface area (Å²) < 4.78 is 11.2. The predicted octanol–water partition coefficient (Wildman–Crippen LogP) is 2.73. The number of carbonyl (C=O) groups is 1. The molecule has 2 heterocycles. The summed E-state index contributed by atoms with van der Waals surface area (Å²) in [7, 11) is 1.26. The van der Waals surface area contributed by atoms with E-state index in [0.717, 1.165) is 16.9 Å². The van der Waals surface area contributed by atoms with E-state index in [0.29, 0.717) is 11.4 Å². The third kappa shape index (κ3) is 2.64. The zero-order valence-corrected chi connectivity index (χ0v) is 11.3. The van der Waals surface area contributed by atoms with E-state index in [1.54, 1.807) is 22.7 Å². The Morgan fingerprint density at radius 1 is 1.14 bits per heavy atom. The van der Waals surface area contributed by atoms with Crippen LogP contribution in [-0.4, -0.2) is 22.6 Å². The Kier molecular flexibility index (Phi) is 3.19. The Labute approximate surface area is 120 Å². The Balaban J connectivity index is 1.96. The summed E-state index contributed by atoms with van der Waals surface area (Å²) in [6.45, 7) is 0. The highest BCUT2D eigenvalue weighted by Crippen LogP contribution is 2.22. The van der Waals surface area contributed by atoms with Gasteiger partial charge < -0.3 is 19.6 Å². The van der Waals surface area contributed by atoms with Gasteiger partial charge in [-0.05, 0) is 24.3 Å². The number of pyridine rings is 1. The lowest BCUT2D eigenvalue weighted by Gasteiger charge is -2.02. The van der Waals surface area contributed by atoms with Gasteiger partial charge in [0.15, 0.2) is 5.75 Å². The molecule has 2 N–H and O–H groups in total. The van der Waals surface area contributed by atoms with Crippen molar-refractivity contribution in [2.75, 3.05) is 12.8 Å². The van der Waals surface area contributed by atoms with Crippen molar-refractivity contribution >= 4 is 17.5 Å². The number of carbonyl (C=O) groups excluding carboxylic acids is 1. The summed E-state index contributed by atoms with van der Waals surface area (Å²) in [5, 5.41) is 0. The molecule has 6 nitrogen and oxygen atoms in total. The van der Waals surface area contributed by atoms with Crippen molar-refractivity contribution in [3.63, 3.8) is 0 Å². The molecule has 0 saturated carbocycles. The topological polar surface area (TPSA) is 78.8 Å². The molecular weight excluding hydrogens is 270 g/mol. The van der Waals surface area contributed by atoms with Crippen molar-refractivity contribution in [1.82, 2.24) is 9.38 Å². The fraction of sp³-hybridized carbons (Fsp3) is 0.0667. The number of anilines is 1. The number of hydrogen-bond acceptors (Lipinski definition) is 5. The highest BCUT2D eigenvalue weighted by atomic mass is 16.7. The molecule has 106 valence electrons. The van der Waals surface area contributed by atoms with Gasteiger partial charge in [-0.15, -0.1) is 0 Å². The summed E-state index contributed by atoms with van der Waals surface area (Å²) in [6, 6.07) is 10.9. The SMILES string of the molecule is COC(=O)Oc1ccc2nc(-c3ccc(N)cc3)cn2c1. The minimum Gasteiger partial charge on any atom is -0.437 e. The highest BCUT2D eigenvalue weighted by Gasteiger charge is 2.07. The van der Waals surface area contributed by atoms with Crippen LogP contribution in [0.3, 0.4) is 0 Å². The normalized spacial score (nSPS) is 10.5. The molecule has 0 aliphatic heterocycles. The molecule has 0 radical (unpaired) electrons. The highest BCUT2D eigenvalue weighted by molar-refractivity contribution is 5.66. The Hall–Kier alpha value is -3.02. The minimum atomic E-state index is -0.756. The van der Waals surface area contributed by atoms with Gasteiger partial charge in [0.2, 0.25) is 0 Å². The number of imidazole rings is 1. The van der Waals surface area contributed by atoms with Gasteiger partial charge in [0.25, 0.3) is 0 Å². The molecule has 0 spiro atoms. The van der Waals surface area contributed by atoms with Crippen LogP contribution >= 0.6 is 0 Å². The van der Waals surface area contributed by atoms with E-state index in [9.17, 15) is 4.79 Å². The lowest BCUT2D eigenvalue weighted by atomic mass is 10.1. The zero-order valence-electron chi connectivity index (χ0n) is 11.3. The van der Waals surface area contributed by atoms with Crippen molar-refractivity contribution < 1.29 is 14.3 Å². The Morgan fingerprint density at radius 2 is 1.90 bits per heavy atom. The zero-order chi connectivity index (χ0) is 14.8. The quantitative estimate of drug-likeness (QED) is 0.578. The van der Waals surface area contributed by atoms with E-state index in [2.05, 4.69) is 9.72 Å². The van der Waals surface area contributed by atoms with Gasteiger partial charge in [-0.1, -0.05) is 12.1 Å². The molecule has 3 aromatic rings.